The van der Waals surface area contributed by atoms with Crippen LogP contribution in [-0.2, 0) is 4.79 Å². The Hall–Kier alpha value is -2.03. The van der Waals surface area contributed by atoms with Gasteiger partial charge in [0.2, 0.25) is 5.91 Å². The number of phenols is 1. The molecule has 3 nitrogen and oxygen atoms in total. The summed E-state index contributed by atoms with van der Waals surface area (Å²) < 4.78 is 0. The number of hydrogen-bond donors (Lipinski definition) is 2. The van der Waals surface area contributed by atoms with Gasteiger partial charge in [0.15, 0.2) is 0 Å². The van der Waals surface area contributed by atoms with E-state index in [2.05, 4.69) is 5.32 Å². The number of aromatic hydroxyl groups is 1. The van der Waals surface area contributed by atoms with Crippen LogP contribution in [0.3, 0.4) is 0 Å². The summed E-state index contributed by atoms with van der Waals surface area (Å²) in [6, 6.07) is 11.3. The van der Waals surface area contributed by atoms with Crippen LogP contribution in [0.15, 0.2) is 36.4 Å². The third-order valence-electron chi connectivity index (χ3n) is 4.13. The maximum Gasteiger partial charge on any atom is 0.227 e. The van der Waals surface area contributed by atoms with E-state index in [-0.39, 0.29) is 17.6 Å². The molecular weight excluding hydrogens is 250 g/mol. The minimum atomic E-state index is 0.0373. The lowest BCUT2D eigenvalue weighted by molar-refractivity contribution is -0.120. The monoisotopic (exact) mass is 269 g/mol. The third-order valence-corrected chi connectivity index (χ3v) is 4.13. The van der Waals surface area contributed by atoms with Crippen LogP contribution in [0.2, 0.25) is 0 Å². The van der Waals surface area contributed by atoms with Crippen LogP contribution in [0, 0.1) is 5.92 Å². The molecule has 3 heteroatoms. The molecule has 3 rings (SSSR count). The number of phenolic OH excluding ortho intramolecular Hbond substituents is 1. The Bertz CT molecular complexity index is 630. The molecule has 2 aromatic rings. The fourth-order valence-corrected chi connectivity index (χ4v) is 2.96. The molecule has 1 aliphatic rings. The van der Waals surface area contributed by atoms with Crippen molar-refractivity contribution in [1.29, 1.82) is 0 Å². The molecule has 2 aromatic carbocycles. The molecule has 0 atom stereocenters. The van der Waals surface area contributed by atoms with Crippen molar-refractivity contribution in [1.82, 2.24) is 0 Å². The molecule has 0 radical (unpaired) electrons. The Morgan fingerprint density at radius 3 is 2.60 bits per heavy atom. The van der Waals surface area contributed by atoms with Gasteiger partial charge in [0.1, 0.15) is 5.75 Å². The highest BCUT2D eigenvalue weighted by molar-refractivity contribution is 6.00. The van der Waals surface area contributed by atoms with E-state index in [0.29, 0.717) is 5.69 Å². The molecule has 1 amide bonds. The van der Waals surface area contributed by atoms with Crippen LogP contribution in [0.4, 0.5) is 5.69 Å². The van der Waals surface area contributed by atoms with Gasteiger partial charge in [-0.25, -0.2) is 0 Å². The third kappa shape index (κ3) is 2.48. The zero-order valence-corrected chi connectivity index (χ0v) is 11.4. The van der Waals surface area contributed by atoms with Crippen LogP contribution in [0.5, 0.6) is 5.75 Å². The average molecular weight is 269 g/mol. The van der Waals surface area contributed by atoms with E-state index in [1.807, 2.05) is 30.3 Å². The molecule has 1 aliphatic carbocycles. The predicted octanol–water partition coefficient (Wildman–Crippen LogP) is 4.06. The SMILES string of the molecule is O=C(Nc1ccc2ccccc2c1O)C1CCCCC1. The molecule has 0 bridgehead atoms. The first-order valence-electron chi connectivity index (χ1n) is 7.27. The molecule has 1 saturated carbocycles. The number of anilines is 1. The fourth-order valence-electron chi connectivity index (χ4n) is 2.96. The van der Waals surface area contributed by atoms with Gasteiger partial charge in [0, 0.05) is 11.3 Å². The highest BCUT2D eigenvalue weighted by Crippen LogP contribution is 2.33. The van der Waals surface area contributed by atoms with Crippen molar-refractivity contribution in [2.45, 2.75) is 32.1 Å². The van der Waals surface area contributed by atoms with E-state index in [4.69, 9.17) is 0 Å². The fraction of sp³-hybridized carbons (Fsp3) is 0.353. The van der Waals surface area contributed by atoms with Gasteiger partial charge in [0.05, 0.1) is 5.69 Å². The lowest BCUT2D eigenvalue weighted by Gasteiger charge is -2.21. The zero-order chi connectivity index (χ0) is 13.9. The van der Waals surface area contributed by atoms with Crippen molar-refractivity contribution < 1.29 is 9.90 Å². The lowest BCUT2D eigenvalue weighted by Crippen LogP contribution is -2.24. The maximum atomic E-state index is 12.2. The van der Waals surface area contributed by atoms with Crippen molar-refractivity contribution in [2.75, 3.05) is 5.32 Å². The minimum Gasteiger partial charge on any atom is -0.505 e. The first-order chi connectivity index (χ1) is 9.75. The molecule has 0 heterocycles. The number of amides is 1. The van der Waals surface area contributed by atoms with E-state index >= 15 is 0 Å². The summed E-state index contributed by atoms with van der Waals surface area (Å²) in [6.45, 7) is 0. The van der Waals surface area contributed by atoms with E-state index < -0.39 is 0 Å². The number of fused-ring (bicyclic) bond motifs is 1. The summed E-state index contributed by atoms with van der Waals surface area (Å²) in [5.74, 6) is 0.289. The number of carbonyl (C=O) groups is 1. The van der Waals surface area contributed by atoms with Gasteiger partial charge in [-0.05, 0) is 24.3 Å². The van der Waals surface area contributed by atoms with Crippen LogP contribution in [0.25, 0.3) is 10.8 Å². The van der Waals surface area contributed by atoms with E-state index in [1.54, 1.807) is 6.07 Å². The zero-order valence-electron chi connectivity index (χ0n) is 11.4. The van der Waals surface area contributed by atoms with Gasteiger partial charge in [-0.15, -0.1) is 0 Å². The number of rotatable bonds is 2. The van der Waals surface area contributed by atoms with Crippen LogP contribution < -0.4 is 5.32 Å². The topological polar surface area (TPSA) is 49.3 Å². The summed E-state index contributed by atoms with van der Waals surface area (Å²) in [5.41, 5.74) is 0.513. The Morgan fingerprint density at radius 2 is 1.80 bits per heavy atom. The standard InChI is InChI=1S/C17H19NO2/c19-16-14-9-5-4-6-12(14)10-11-15(16)18-17(20)13-7-2-1-3-8-13/h4-6,9-11,13,19H,1-3,7-8H2,(H,18,20). The molecule has 0 aromatic heterocycles. The van der Waals surface area contributed by atoms with Crippen molar-refractivity contribution in [3.63, 3.8) is 0 Å². The Morgan fingerprint density at radius 1 is 1.05 bits per heavy atom. The summed E-state index contributed by atoms with van der Waals surface area (Å²) in [4.78, 5) is 12.2. The quantitative estimate of drug-likeness (QED) is 0.807. The summed E-state index contributed by atoms with van der Waals surface area (Å²) >= 11 is 0. The van der Waals surface area contributed by atoms with Gasteiger partial charge < -0.3 is 10.4 Å². The van der Waals surface area contributed by atoms with E-state index in [1.165, 1.54) is 6.42 Å². The Kier molecular flexibility index (Phi) is 3.59. The molecule has 104 valence electrons. The highest BCUT2D eigenvalue weighted by atomic mass is 16.3. The molecule has 0 spiro atoms. The van der Waals surface area contributed by atoms with Gasteiger partial charge in [-0.1, -0.05) is 49.6 Å². The van der Waals surface area contributed by atoms with Crippen molar-refractivity contribution >= 4 is 22.4 Å². The molecule has 0 aliphatic heterocycles. The smallest absolute Gasteiger partial charge is 0.227 e. The number of hydrogen-bond acceptors (Lipinski definition) is 2. The molecule has 1 fully saturated rings. The van der Waals surface area contributed by atoms with Crippen molar-refractivity contribution in [2.24, 2.45) is 5.92 Å². The predicted molar refractivity (Wildman–Crippen MR) is 80.8 cm³/mol. The summed E-state index contributed by atoms with van der Waals surface area (Å²) in [7, 11) is 0. The number of benzene rings is 2. The minimum absolute atomic E-state index is 0.0373. The molecular formula is C17H19NO2. The largest absolute Gasteiger partial charge is 0.505 e. The van der Waals surface area contributed by atoms with Crippen LogP contribution in [-0.4, -0.2) is 11.0 Å². The molecule has 20 heavy (non-hydrogen) atoms. The second-order valence-electron chi connectivity index (χ2n) is 5.51. The van der Waals surface area contributed by atoms with Gasteiger partial charge in [-0.3, -0.25) is 4.79 Å². The first kappa shape index (κ1) is 13.0. The van der Waals surface area contributed by atoms with Crippen molar-refractivity contribution in [3.8, 4) is 5.75 Å². The molecule has 2 N–H and O–H groups in total. The first-order valence-corrected chi connectivity index (χ1v) is 7.27. The van der Waals surface area contributed by atoms with E-state index in [9.17, 15) is 9.90 Å². The lowest BCUT2D eigenvalue weighted by atomic mass is 9.88. The van der Waals surface area contributed by atoms with Gasteiger partial charge in [-0.2, -0.15) is 0 Å². The van der Waals surface area contributed by atoms with Gasteiger partial charge in [0.25, 0.3) is 0 Å². The molecule has 0 unspecified atom stereocenters. The average Bonchev–Trinajstić information content (AvgIpc) is 2.51. The number of carbonyl (C=O) groups excluding carboxylic acids is 1. The van der Waals surface area contributed by atoms with E-state index in [0.717, 1.165) is 36.5 Å². The Balaban J connectivity index is 1.83. The molecule has 0 saturated heterocycles. The highest BCUT2D eigenvalue weighted by Gasteiger charge is 2.22. The maximum absolute atomic E-state index is 12.2. The summed E-state index contributed by atoms with van der Waals surface area (Å²) in [5, 5.41) is 14.9. The Labute approximate surface area is 118 Å². The second kappa shape index (κ2) is 5.53. The van der Waals surface area contributed by atoms with Crippen LogP contribution >= 0.6 is 0 Å². The van der Waals surface area contributed by atoms with Crippen molar-refractivity contribution in [3.05, 3.63) is 36.4 Å². The number of nitrogens with one attached hydrogen (secondary N) is 1. The second-order valence-corrected chi connectivity index (χ2v) is 5.51. The van der Waals surface area contributed by atoms with Gasteiger partial charge >= 0.3 is 0 Å². The van der Waals surface area contributed by atoms with Crippen LogP contribution in [0.1, 0.15) is 32.1 Å². The normalized spacial score (nSPS) is 16.2. The summed E-state index contributed by atoms with van der Waals surface area (Å²) in [6.07, 6.45) is 5.40.